The molecule has 0 bridgehead atoms. The Bertz CT molecular complexity index is 264. The van der Waals surface area contributed by atoms with Crippen molar-refractivity contribution in [3.63, 3.8) is 0 Å². The standard InChI is InChI=1S/C13H24N2O2/c1-9-6-7-12(17-9)13(16)15-10(2)11-5-3-4-8-14-11/h9-12,14H,3-8H2,1-2H3,(H,15,16). The van der Waals surface area contributed by atoms with Crippen LogP contribution in [0.3, 0.4) is 0 Å². The van der Waals surface area contributed by atoms with Gasteiger partial charge in [0.15, 0.2) is 0 Å². The van der Waals surface area contributed by atoms with Crippen molar-refractivity contribution in [1.82, 2.24) is 10.6 Å². The Labute approximate surface area is 103 Å². The fourth-order valence-electron chi connectivity index (χ4n) is 2.72. The van der Waals surface area contributed by atoms with Crippen molar-refractivity contribution in [2.24, 2.45) is 0 Å². The van der Waals surface area contributed by atoms with Crippen LogP contribution in [-0.2, 0) is 9.53 Å². The van der Waals surface area contributed by atoms with Crippen molar-refractivity contribution >= 4 is 5.91 Å². The molecule has 2 fully saturated rings. The molecule has 2 heterocycles. The van der Waals surface area contributed by atoms with Crippen molar-refractivity contribution in [3.8, 4) is 0 Å². The molecule has 17 heavy (non-hydrogen) atoms. The average Bonchev–Trinajstić information content (AvgIpc) is 2.77. The van der Waals surface area contributed by atoms with E-state index in [4.69, 9.17) is 4.74 Å². The lowest BCUT2D eigenvalue weighted by Crippen LogP contribution is -2.52. The summed E-state index contributed by atoms with van der Waals surface area (Å²) in [5, 5.41) is 6.55. The Hall–Kier alpha value is -0.610. The van der Waals surface area contributed by atoms with Crippen LogP contribution in [0.15, 0.2) is 0 Å². The summed E-state index contributed by atoms with van der Waals surface area (Å²) >= 11 is 0. The van der Waals surface area contributed by atoms with Crippen LogP contribution < -0.4 is 10.6 Å². The van der Waals surface area contributed by atoms with Gasteiger partial charge >= 0.3 is 0 Å². The van der Waals surface area contributed by atoms with Crippen LogP contribution in [-0.4, -0.2) is 36.7 Å². The molecule has 2 N–H and O–H groups in total. The fraction of sp³-hybridized carbons (Fsp3) is 0.923. The molecule has 0 aromatic heterocycles. The molecule has 2 rings (SSSR count). The van der Waals surface area contributed by atoms with Gasteiger partial charge in [-0.3, -0.25) is 4.79 Å². The van der Waals surface area contributed by atoms with Crippen molar-refractivity contribution in [2.75, 3.05) is 6.54 Å². The topological polar surface area (TPSA) is 50.4 Å². The maximum absolute atomic E-state index is 12.0. The number of ether oxygens (including phenoxy) is 1. The Morgan fingerprint density at radius 3 is 2.76 bits per heavy atom. The van der Waals surface area contributed by atoms with E-state index in [1.807, 2.05) is 6.92 Å². The molecule has 0 aromatic carbocycles. The lowest BCUT2D eigenvalue weighted by molar-refractivity contribution is -0.132. The second-order valence-electron chi connectivity index (χ2n) is 5.37. The number of carbonyl (C=O) groups excluding carboxylic acids is 1. The van der Waals surface area contributed by atoms with E-state index in [9.17, 15) is 4.79 Å². The molecule has 4 unspecified atom stereocenters. The van der Waals surface area contributed by atoms with Gasteiger partial charge in [0.25, 0.3) is 0 Å². The molecule has 2 aliphatic rings. The van der Waals surface area contributed by atoms with E-state index in [0.29, 0.717) is 6.04 Å². The Balaban J connectivity index is 1.77. The molecule has 0 aromatic rings. The maximum Gasteiger partial charge on any atom is 0.249 e. The normalized spacial score (nSPS) is 35.5. The summed E-state index contributed by atoms with van der Waals surface area (Å²) in [6.07, 6.45) is 5.52. The van der Waals surface area contributed by atoms with Crippen LogP contribution >= 0.6 is 0 Å². The largest absolute Gasteiger partial charge is 0.365 e. The van der Waals surface area contributed by atoms with Gasteiger partial charge in [-0.15, -0.1) is 0 Å². The summed E-state index contributed by atoms with van der Waals surface area (Å²) in [6.45, 7) is 5.18. The van der Waals surface area contributed by atoms with Gasteiger partial charge in [-0.1, -0.05) is 6.42 Å². The van der Waals surface area contributed by atoms with Gasteiger partial charge in [0.1, 0.15) is 6.10 Å². The second kappa shape index (κ2) is 5.83. The highest BCUT2D eigenvalue weighted by Crippen LogP contribution is 2.19. The minimum absolute atomic E-state index is 0.0641. The van der Waals surface area contributed by atoms with Gasteiger partial charge in [-0.25, -0.2) is 0 Å². The molecule has 0 saturated carbocycles. The summed E-state index contributed by atoms with van der Waals surface area (Å²) in [5.74, 6) is 0.0641. The lowest BCUT2D eigenvalue weighted by Gasteiger charge is -2.30. The third kappa shape index (κ3) is 3.42. The number of hydrogen-bond donors (Lipinski definition) is 2. The summed E-state index contributed by atoms with van der Waals surface area (Å²) in [4.78, 5) is 12.0. The first-order chi connectivity index (χ1) is 8.16. The molecule has 1 amide bonds. The summed E-state index contributed by atoms with van der Waals surface area (Å²) in [7, 11) is 0. The number of nitrogens with one attached hydrogen (secondary N) is 2. The number of rotatable bonds is 3. The highest BCUT2D eigenvalue weighted by molar-refractivity contribution is 5.81. The van der Waals surface area contributed by atoms with E-state index in [0.717, 1.165) is 25.8 Å². The first-order valence-corrected chi connectivity index (χ1v) is 6.86. The minimum atomic E-state index is -0.226. The molecular weight excluding hydrogens is 216 g/mol. The highest BCUT2D eigenvalue weighted by Gasteiger charge is 2.30. The molecule has 4 nitrogen and oxygen atoms in total. The third-order valence-corrected chi connectivity index (χ3v) is 3.85. The third-order valence-electron chi connectivity index (χ3n) is 3.85. The van der Waals surface area contributed by atoms with Gasteiger partial charge in [-0.05, 0) is 46.1 Å². The molecule has 0 spiro atoms. The van der Waals surface area contributed by atoms with E-state index in [1.54, 1.807) is 0 Å². The molecule has 4 heteroatoms. The summed E-state index contributed by atoms with van der Waals surface area (Å²) in [5.41, 5.74) is 0. The highest BCUT2D eigenvalue weighted by atomic mass is 16.5. The van der Waals surface area contributed by atoms with Crippen molar-refractivity contribution in [3.05, 3.63) is 0 Å². The van der Waals surface area contributed by atoms with Crippen molar-refractivity contribution < 1.29 is 9.53 Å². The van der Waals surface area contributed by atoms with Gasteiger partial charge in [0.2, 0.25) is 5.91 Å². The maximum atomic E-state index is 12.0. The van der Waals surface area contributed by atoms with Crippen molar-refractivity contribution in [1.29, 1.82) is 0 Å². The molecule has 4 atom stereocenters. The predicted octanol–water partition coefficient (Wildman–Crippen LogP) is 1.20. The van der Waals surface area contributed by atoms with Gasteiger partial charge in [-0.2, -0.15) is 0 Å². The SMILES string of the molecule is CC1CCC(C(=O)NC(C)C2CCCCN2)O1. The monoisotopic (exact) mass is 240 g/mol. The van der Waals surface area contributed by atoms with E-state index in [2.05, 4.69) is 17.6 Å². The van der Waals surface area contributed by atoms with Crippen LogP contribution in [0.25, 0.3) is 0 Å². The average molecular weight is 240 g/mol. The van der Waals surface area contributed by atoms with Crippen LogP contribution in [0.4, 0.5) is 0 Å². The number of hydrogen-bond acceptors (Lipinski definition) is 3. The second-order valence-corrected chi connectivity index (χ2v) is 5.37. The first-order valence-electron chi connectivity index (χ1n) is 6.86. The van der Waals surface area contributed by atoms with Gasteiger partial charge in [0, 0.05) is 12.1 Å². The molecule has 0 aliphatic carbocycles. The van der Waals surface area contributed by atoms with Gasteiger partial charge < -0.3 is 15.4 Å². The molecule has 98 valence electrons. The first kappa shape index (κ1) is 12.8. The smallest absolute Gasteiger partial charge is 0.249 e. The number of piperidine rings is 1. The minimum Gasteiger partial charge on any atom is -0.365 e. The van der Waals surface area contributed by atoms with E-state index >= 15 is 0 Å². The molecule has 2 aliphatic heterocycles. The Morgan fingerprint density at radius 1 is 1.35 bits per heavy atom. The predicted molar refractivity (Wildman–Crippen MR) is 66.8 cm³/mol. The van der Waals surface area contributed by atoms with Gasteiger partial charge in [0.05, 0.1) is 6.10 Å². The van der Waals surface area contributed by atoms with E-state index in [-0.39, 0.29) is 24.2 Å². The molecule has 2 saturated heterocycles. The molecule has 0 radical (unpaired) electrons. The van der Waals surface area contributed by atoms with Crippen LogP contribution in [0.5, 0.6) is 0 Å². The van der Waals surface area contributed by atoms with Crippen LogP contribution in [0, 0.1) is 0 Å². The fourth-order valence-corrected chi connectivity index (χ4v) is 2.72. The number of carbonyl (C=O) groups is 1. The van der Waals surface area contributed by atoms with E-state index in [1.165, 1.54) is 12.8 Å². The molecular formula is C13H24N2O2. The zero-order valence-corrected chi connectivity index (χ0v) is 10.9. The zero-order chi connectivity index (χ0) is 12.3. The van der Waals surface area contributed by atoms with E-state index < -0.39 is 0 Å². The quantitative estimate of drug-likeness (QED) is 0.779. The summed E-state index contributed by atoms with van der Waals surface area (Å²) in [6, 6.07) is 0.619. The lowest BCUT2D eigenvalue weighted by atomic mass is 9.99. The Morgan fingerprint density at radius 2 is 2.18 bits per heavy atom. The van der Waals surface area contributed by atoms with Crippen LogP contribution in [0.2, 0.25) is 0 Å². The zero-order valence-electron chi connectivity index (χ0n) is 10.9. The Kier molecular flexibility index (Phi) is 4.40. The summed E-state index contributed by atoms with van der Waals surface area (Å²) < 4.78 is 5.58. The number of amides is 1. The van der Waals surface area contributed by atoms with Crippen LogP contribution in [0.1, 0.15) is 46.0 Å². The van der Waals surface area contributed by atoms with Crippen molar-refractivity contribution in [2.45, 2.75) is 70.2 Å².